The maximum atomic E-state index is 11.9. The van der Waals surface area contributed by atoms with Gasteiger partial charge in [0.05, 0.1) is 18.8 Å². The Morgan fingerprint density at radius 1 is 0.837 bits per heavy atom. The van der Waals surface area contributed by atoms with Crippen molar-refractivity contribution in [1.82, 2.24) is 15.1 Å². The summed E-state index contributed by atoms with van der Waals surface area (Å²) in [6.07, 6.45) is -0.794. The Morgan fingerprint density at radius 2 is 1.44 bits per heavy atom. The molecule has 2 aliphatic heterocycles. The summed E-state index contributed by atoms with van der Waals surface area (Å²) in [7, 11) is 0. The molecule has 3 aromatic carbocycles. The first-order valence-corrected chi connectivity index (χ1v) is 15.8. The molecule has 2 saturated heterocycles. The van der Waals surface area contributed by atoms with Gasteiger partial charge in [0, 0.05) is 57.3 Å². The van der Waals surface area contributed by atoms with Crippen LogP contribution in [0.4, 0.5) is 0 Å². The number of hydrogen-bond donors (Lipinski definition) is 2. The van der Waals surface area contributed by atoms with Crippen molar-refractivity contribution in [3.8, 4) is 0 Å². The van der Waals surface area contributed by atoms with Crippen LogP contribution in [0.3, 0.4) is 0 Å². The van der Waals surface area contributed by atoms with Gasteiger partial charge in [-0.2, -0.15) is 0 Å². The largest absolute Gasteiger partial charge is 0.392 e. The van der Waals surface area contributed by atoms with Gasteiger partial charge in [-0.1, -0.05) is 121 Å². The molecule has 0 saturated carbocycles. The Kier molecular flexibility index (Phi) is 11.0. The van der Waals surface area contributed by atoms with Crippen molar-refractivity contribution in [3.05, 3.63) is 107 Å². The monoisotopic (exact) mass is 645 g/mol. The molecular formula is C33H38Cl3N3O4. The number of carbonyl (C=O) groups is 1. The molecule has 0 bridgehead atoms. The van der Waals surface area contributed by atoms with E-state index in [-0.39, 0.29) is 31.3 Å². The summed E-state index contributed by atoms with van der Waals surface area (Å²) in [5.41, 5.74) is 5.01. The van der Waals surface area contributed by atoms with E-state index in [0.717, 1.165) is 61.5 Å². The highest BCUT2D eigenvalue weighted by Crippen LogP contribution is 2.42. The molecule has 4 unspecified atom stereocenters. The second-order valence-electron chi connectivity index (χ2n) is 11.3. The van der Waals surface area contributed by atoms with Crippen LogP contribution in [0.15, 0.2) is 78.9 Å². The molecule has 4 atom stereocenters. The summed E-state index contributed by atoms with van der Waals surface area (Å²) >= 11 is 17.0. The fourth-order valence-electron chi connectivity index (χ4n) is 5.63. The standard InChI is InChI=1S/C33H38Cl3N3O4/c1-23-29(21-39-17-15-38(16-18-39)20-25-5-3-2-4-6-25)42-31(43-30(23)27-11-9-26(22-40)10-12-27)28-13-7-24(8-14-28)19-37-32(41)33(34,35)36/h2-14,23,29-31,40H,15-22H2,1H3,(H,37,41). The summed E-state index contributed by atoms with van der Waals surface area (Å²) < 4.78 is 11.2. The highest BCUT2D eigenvalue weighted by atomic mass is 35.6. The van der Waals surface area contributed by atoms with Crippen molar-refractivity contribution < 1.29 is 19.4 Å². The van der Waals surface area contributed by atoms with Gasteiger partial charge in [-0.25, -0.2) is 0 Å². The molecule has 43 heavy (non-hydrogen) atoms. The van der Waals surface area contributed by atoms with Gasteiger partial charge in [-0.3, -0.25) is 14.6 Å². The van der Waals surface area contributed by atoms with Crippen LogP contribution in [0.2, 0.25) is 0 Å². The number of nitrogens with zero attached hydrogens (tertiary/aromatic N) is 2. The number of amides is 1. The molecule has 5 rings (SSSR count). The third-order valence-electron chi connectivity index (χ3n) is 8.24. The lowest BCUT2D eigenvalue weighted by molar-refractivity contribution is -0.276. The molecule has 0 radical (unpaired) electrons. The number of halogens is 3. The molecule has 2 N–H and O–H groups in total. The molecule has 0 spiro atoms. The number of aliphatic hydroxyl groups is 1. The van der Waals surface area contributed by atoms with Gasteiger partial charge in [-0.15, -0.1) is 0 Å². The molecule has 1 amide bonds. The molecule has 2 heterocycles. The number of aliphatic hydroxyl groups excluding tert-OH is 1. The molecule has 0 aliphatic carbocycles. The molecule has 0 aromatic heterocycles. The minimum absolute atomic E-state index is 0.000431. The van der Waals surface area contributed by atoms with Crippen molar-refractivity contribution >= 4 is 40.7 Å². The third-order valence-corrected chi connectivity index (χ3v) is 8.75. The topological polar surface area (TPSA) is 74.3 Å². The molecule has 2 fully saturated rings. The van der Waals surface area contributed by atoms with Crippen LogP contribution >= 0.6 is 34.8 Å². The average Bonchev–Trinajstić information content (AvgIpc) is 3.02. The van der Waals surface area contributed by atoms with Crippen LogP contribution in [-0.4, -0.2) is 63.4 Å². The molecule has 2 aliphatic rings. The van der Waals surface area contributed by atoms with Gasteiger partial charge in [-0.05, 0) is 22.3 Å². The molecular weight excluding hydrogens is 609 g/mol. The predicted molar refractivity (Wildman–Crippen MR) is 170 cm³/mol. The number of hydrogen-bond acceptors (Lipinski definition) is 6. The van der Waals surface area contributed by atoms with E-state index in [2.05, 4.69) is 52.4 Å². The van der Waals surface area contributed by atoms with Crippen molar-refractivity contribution in [2.75, 3.05) is 32.7 Å². The van der Waals surface area contributed by atoms with Crippen LogP contribution in [0.1, 0.15) is 47.1 Å². The van der Waals surface area contributed by atoms with Crippen LogP contribution in [-0.2, 0) is 34.0 Å². The number of benzene rings is 3. The third kappa shape index (κ3) is 8.71. The second kappa shape index (κ2) is 14.7. The maximum absolute atomic E-state index is 11.9. The Morgan fingerprint density at radius 3 is 2.07 bits per heavy atom. The van der Waals surface area contributed by atoms with Crippen molar-refractivity contribution in [2.45, 2.75) is 48.9 Å². The first-order chi connectivity index (χ1) is 20.7. The summed E-state index contributed by atoms with van der Waals surface area (Å²) in [6.45, 7) is 8.19. The predicted octanol–water partition coefficient (Wildman–Crippen LogP) is 5.77. The lowest BCUT2D eigenvalue weighted by Crippen LogP contribution is -2.51. The van der Waals surface area contributed by atoms with Gasteiger partial charge >= 0.3 is 0 Å². The molecule has 230 valence electrons. The van der Waals surface area contributed by atoms with Gasteiger partial charge in [0.2, 0.25) is 0 Å². The number of rotatable bonds is 9. The van der Waals surface area contributed by atoms with E-state index in [0.29, 0.717) is 0 Å². The number of alkyl halides is 3. The fourth-order valence-corrected chi connectivity index (χ4v) is 5.83. The Balaban J connectivity index is 1.26. The van der Waals surface area contributed by atoms with E-state index in [1.165, 1.54) is 5.56 Å². The van der Waals surface area contributed by atoms with Crippen LogP contribution in [0.5, 0.6) is 0 Å². The van der Waals surface area contributed by atoms with E-state index < -0.39 is 16.0 Å². The zero-order valence-electron chi connectivity index (χ0n) is 24.2. The molecule has 7 nitrogen and oxygen atoms in total. The number of nitrogens with one attached hydrogen (secondary N) is 1. The van der Waals surface area contributed by atoms with Crippen molar-refractivity contribution in [1.29, 1.82) is 0 Å². The van der Waals surface area contributed by atoms with E-state index in [9.17, 15) is 9.90 Å². The van der Waals surface area contributed by atoms with E-state index >= 15 is 0 Å². The lowest BCUT2D eigenvalue weighted by Gasteiger charge is -2.44. The van der Waals surface area contributed by atoms with Crippen LogP contribution in [0, 0.1) is 5.92 Å². The second-order valence-corrected chi connectivity index (χ2v) is 13.6. The van der Waals surface area contributed by atoms with Crippen molar-refractivity contribution in [2.24, 2.45) is 5.92 Å². The Bertz CT molecular complexity index is 1310. The smallest absolute Gasteiger partial charge is 0.272 e. The highest BCUT2D eigenvalue weighted by molar-refractivity contribution is 6.76. The minimum atomic E-state index is -2.01. The van der Waals surface area contributed by atoms with Crippen LogP contribution < -0.4 is 5.32 Å². The first kappa shape index (κ1) is 32.2. The SMILES string of the molecule is CC1C(CN2CCN(Cc3ccccc3)CC2)OC(c2ccc(CNC(=O)C(Cl)(Cl)Cl)cc2)OC1c1ccc(CO)cc1. The molecule has 10 heteroatoms. The zero-order chi connectivity index (χ0) is 30.4. The van der Waals surface area contributed by atoms with Gasteiger partial charge in [0.15, 0.2) is 6.29 Å². The average molecular weight is 647 g/mol. The number of piperazine rings is 1. The number of carbonyl (C=O) groups excluding carboxylic acids is 1. The quantitative estimate of drug-likeness (QED) is 0.288. The summed E-state index contributed by atoms with van der Waals surface area (Å²) in [5, 5.41) is 12.2. The normalized spacial score (nSPS) is 23.7. The van der Waals surface area contributed by atoms with Gasteiger partial charge in [0.25, 0.3) is 9.70 Å². The Hall–Kier alpha value is -2.20. The number of ether oxygens (including phenoxy) is 2. The van der Waals surface area contributed by atoms with E-state index in [1.807, 2.05) is 48.5 Å². The van der Waals surface area contributed by atoms with Gasteiger partial charge in [0.1, 0.15) is 0 Å². The van der Waals surface area contributed by atoms with Crippen molar-refractivity contribution in [3.63, 3.8) is 0 Å². The summed E-state index contributed by atoms with van der Waals surface area (Å²) in [4.78, 5) is 16.9. The fraction of sp³-hybridized carbons (Fsp3) is 0.424. The summed E-state index contributed by atoms with van der Waals surface area (Å²) in [5.74, 6) is -0.566. The maximum Gasteiger partial charge on any atom is 0.272 e. The van der Waals surface area contributed by atoms with Crippen LogP contribution in [0.25, 0.3) is 0 Å². The lowest BCUT2D eigenvalue weighted by atomic mass is 9.90. The summed E-state index contributed by atoms with van der Waals surface area (Å²) in [6, 6.07) is 26.3. The molecule has 3 aromatic rings. The first-order valence-electron chi connectivity index (χ1n) is 14.6. The minimum Gasteiger partial charge on any atom is -0.392 e. The zero-order valence-corrected chi connectivity index (χ0v) is 26.4. The van der Waals surface area contributed by atoms with E-state index in [4.69, 9.17) is 44.3 Å². The highest BCUT2D eigenvalue weighted by Gasteiger charge is 2.39. The van der Waals surface area contributed by atoms with E-state index in [1.54, 1.807) is 0 Å². The van der Waals surface area contributed by atoms with Gasteiger partial charge < -0.3 is 19.9 Å². The Labute approximate surface area is 268 Å².